The molecule has 0 bridgehead atoms. The Morgan fingerprint density at radius 2 is 1.79 bits per heavy atom. The van der Waals surface area contributed by atoms with Crippen molar-refractivity contribution in [2.75, 3.05) is 6.61 Å². The number of rotatable bonds is 5. The molecule has 6 heteroatoms. The van der Waals surface area contributed by atoms with E-state index in [1.165, 1.54) is 6.07 Å². The van der Waals surface area contributed by atoms with E-state index in [0.29, 0.717) is 17.5 Å². The lowest BCUT2D eigenvalue weighted by Gasteiger charge is -2.12. The number of carbonyl (C=O) groups is 1. The van der Waals surface area contributed by atoms with Crippen molar-refractivity contribution in [2.45, 2.75) is 25.6 Å². The summed E-state index contributed by atoms with van der Waals surface area (Å²) < 4.78 is 43.2. The lowest BCUT2D eigenvalue weighted by atomic mass is 9.99. The molecule has 0 saturated heterocycles. The number of esters is 1. The Bertz CT molecular complexity index is 696. The summed E-state index contributed by atoms with van der Waals surface area (Å²) >= 11 is 0. The highest BCUT2D eigenvalue weighted by Gasteiger charge is 2.30. The third kappa shape index (κ3) is 4.58. The Labute approximate surface area is 138 Å². The van der Waals surface area contributed by atoms with Gasteiger partial charge in [0.1, 0.15) is 6.04 Å². The predicted octanol–water partition coefficient (Wildman–Crippen LogP) is 3.81. The summed E-state index contributed by atoms with van der Waals surface area (Å²) in [6.45, 7) is 1.97. The summed E-state index contributed by atoms with van der Waals surface area (Å²) in [5.74, 6) is -0.473. The molecule has 0 aliphatic rings. The van der Waals surface area contributed by atoms with Crippen LogP contribution in [0.1, 0.15) is 18.1 Å². The average Bonchev–Trinajstić information content (AvgIpc) is 2.55. The molecular weight excluding hydrogens is 319 g/mol. The molecule has 0 spiro atoms. The van der Waals surface area contributed by atoms with Crippen molar-refractivity contribution < 1.29 is 22.7 Å². The molecule has 2 aromatic carbocycles. The van der Waals surface area contributed by atoms with Crippen molar-refractivity contribution in [1.82, 2.24) is 0 Å². The van der Waals surface area contributed by atoms with Gasteiger partial charge >= 0.3 is 12.1 Å². The second-order valence-corrected chi connectivity index (χ2v) is 5.34. The van der Waals surface area contributed by atoms with Crippen LogP contribution in [0.4, 0.5) is 13.2 Å². The van der Waals surface area contributed by atoms with Crippen LogP contribution >= 0.6 is 0 Å². The zero-order chi connectivity index (χ0) is 17.7. The molecule has 2 rings (SSSR count). The van der Waals surface area contributed by atoms with E-state index in [4.69, 9.17) is 10.5 Å². The second kappa shape index (κ2) is 7.49. The first kappa shape index (κ1) is 18.0. The zero-order valence-corrected chi connectivity index (χ0v) is 13.1. The number of alkyl halides is 3. The topological polar surface area (TPSA) is 52.3 Å². The SMILES string of the molecule is CCOC(=O)C(N)Cc1ccc(-c2cccc(C(F)(F)F)c2)cc1. The van der Waals surface area contributed by atoms with Crippen molar-refractivity contribution in [1.29, 1.82) is 0 Å². The lowest BCUT2D eigenvalue weighted by molar-refractivity contribution is -0.144. The highest BCUT2D eigenvalue weighted by Crippen LogP contribution is 2.32. The summed E-state index contributed by atoms with van der Waals surface area (Å²) in [5.41, 5.74) is 7.02. The Kier molecular flexibility index (Phi) is 5.62. The molecular formula is C18H18F3NO2. The molecule has 0 amide bonds. The molecule has 1 unspecified atom stereocenters. The molecule has 0 aromatic heterocycles. The Hall–Kier alpha value is -2.34. The number of ether oxygens (including phenoxy) is 1. The fraction of sp³-hybridized carbons (Fsp3) is 0.278. The maximum atomic E-state index is 12.8. The highest BCUT2D eigenvalue weighted by molar-refractivity contribution is 5.76. The van der Waals surface area contributed by atoms with E-state index in [1.54, 1.807) is 37.3 Å². The minimum atomic E-state index is -4.37. The maximum absolute atomic E-state index is 12.8. The van der Waals surface area contributed by atoms with Gasteiger partial charge in [-0.3, -0.25) is 4.79 Å². The van der Waals surface area contributed by atoms with E-state index in [1.807, 2.05) is 0 Å². The molecule has 2 aromatic rings. The molecule has 128 valence electrons. The normalized spacial score (nSPS) is 12.7. The molecule has 0 aliphatic carbocycles. The molecule has 0 radical (unpaired) electrons. The monoisotopic (exact) mass is 337 g/mol. The first-order valence-corrected chi connectivity index (χ1v) is 7.50. The summed E-state index contributed by atoms with van der Waals surface area (Å²) in [6, 6.07) is 11.3. The largest absolute Gasteiger partial charge is 0.465 e. The summed E-state index contributed by atoms with van der Waals surface area (Å²) in [4.78, 5) is 11.5. The molecule has 1 atom stereocenters. The molecule has 0 fully saturated rings. The summed E-state index contributed by atoms with van der Waals surface area (Å²) in [7, 11) is 0. The first-order chi connectivity index (χ1) is 11.3. The number of carbonyl (C=O) groups excluding carboxylic acids is 1. The fourth-order valence-corrected chi connectivity index (χ4v) is 2.29. The van der Waals surface area contributed by atoms with Gasteiger partial charge in [-0.25, -0.2) is 0 Å². The minimum absolute atomic E-state index is 0.265. The number of nitrogens with two attached hydrogens (primary N) is 1. The fourth-order valence-electron chi connectivity index (χ4n) is 2.29. The van der Waals surface area contributed by atoms with Crippen LogP contribution in [0.2, 0.25) is 0 Å². The Balaban J connectivity index is 2.14. The van der Waals surface area contributed by atoms with Crippen LogP contribution in [0.15, 0.2) is 48.5 Å². The first-order valence-electron chi connectivity index (χ1n) is 7.50. The zero-order valence-electron chi connectivity index (χ0n) is 13.1. The van der Waals surface area contributed by atoms with Crippen molar-refractivity contribution >= 4 is 5.97 Å². The van der Waals surface area contributed by atoms with E-state index in [2.05, 4.69) is 0 Å². The van der Waals surface area contributed by atoms with Gasteiger partial charge < -0.3 is 10.5 Å². The van der Waals surface area contributed by atoms with E-state index in [0.717, 1.165) is 17.7 Å². The third-order valence-electron chi connectivity index (χ3n) is 3.52. The summed E-state index contributed by atoms with van der Waals surface area (Å²) in [6.07, 6.45) is -4.07. The van der Waals surface area contributed by atoms with Gasteiger partial charge in [0.15, 0.2) is 0 Å². The van der Waals surface area contributed by atoms with Crippen LogP contribution in [-0.2, 0) is 22.1 Å². The highest BCUT2D eigenvalue weighted by atomic mass is 19.4. The van der Waals surface area contributed by atoms with Crippen molar-refractivity contribution in [3.8, 4) is 11.1 Å². The van der Waals surface area contributed by atoms with Crippen molar-refractivity contribution in [2.24, 2.45) is 5.73 Å². The molecule has 0 aliphatic heterocycles. The van der Waals surface area contributed by atoms with Gasteiger partial charge in [-0.2, -0.15) is 13.2 Å². The number of hydrogen-bond donors (Lipinski definition) is 1. The van der Waals surface area contributed by atoms with E-state index >= 15 is 0 Å². The second-order valence-electron chi connectivity index (χ2n) is 5.34. The molecule has 0 saturated carbocycles. The third-order valence-corrected chi connectivity index (χ3v) is 3.52. The van der Waals surface area contributed by atoms with Crippen LogP contribution in [0, 0.1) is 0 Å². The number of benzene rings is 2. The molecule has 3 nitrogen and oxygen atoms in total. The van der Waals surface area contributed by atoms with Gasteiger partial charge in [-0.1, -0.05) is 36.4 Å². The Morgan fingerprint density at radius 1 is 1.12 bits per heavy atom. The van der Waals surface area contributed by atoms with Gasteiger partial charge in [0.05, 0.1) is 12.2 Å². The van der Waals surface area contributed by atoms with Gasteiger partial charge in [0.25, 0.3) is 0 Å². The summed E-state index contributed by atoms with van der Waals surface area (Å²) in [5, 5.41) is 0. The smallest absolute Gasteiger partial charge is 0.416 e. The molecule has 24 heavy (non-hydrogen) atoms. The Morgan fingerprint density at radius 3 is 2.38 bits per heavy atom. The van der Waals surface area contributed by atoms with Gasteiger partial charge in [0.2, 0.25) is 0 Å². The maximum Gasteiger partial charge on any atom is 0.416 e. The van der Waals surface area contributed by atoms with Crippen LogP contribution in [0.25, 0.3) is 11.1 Å². The quantitative estimate of drug-likeness (QED) is 0.844. The van der Waals surface area contributed by atoms with Crippen LogP contribution in [0.5, 0.6) is 0 Å². The molecule has 2 N–H and O–H groups in total. The number of hydrogen-bond acceptors (Lipinski definition) is 3. The molecule has 0 heterocycles. The van der Waals surface area contributed by atoms with Crippen LogP contribution in [-0.4, -0.2) is 18.6 Å². The average molecular weight is 337 g/mol. The van der Waals surface area contributed by atoms with Crippen LogP contribution in [0.3, 0.4) is 0 Å². The van der Waals surface area contributed by atoms with E-state index in [9.17, 15) is 18.0 Å². The van der Waals surface area contributed by atoms with Gasteiger partial charge in [-0.15, -0.1) is 0 Å². The van der Waals surface area contributed by atoms with Crippen molar-refractivity contribution in [3.63, 3.8) is 0 Å². The standard InChI is InChI=1S/C18H18F3NO2/c1-2-24-17(23)16(22)10-12-6-8-13(9-7-12)14-4-3-5-15(11-14)18(19,20)21/h3-9,11,16H,2,10,22H2,1H3. The lowest BCUT2D eigenvalue weighted by Crippen LogP contribution is -2.34. The number of halogens is 3. The van der Waals surface area contributed by atoms with Gasteiger partial charge in [0, 0.05) is 0 Å². The predicted molar refractivity (Wildman–Crippen MR) is 85.2 cm³/mol. The minimum Gasteiger partial charge on any atom is -0.465 e. The van der Waals surface area contributed by atoms with Crippen LogP contribution < -0.4 is 5.73 Å². The van der Waals surface area contributed by atoms with Crippen molar-refractivity contribution in [3.05, 3.63) is 59.7 Å². The van der Waals surface area contributed by atoms with E-state index in [-0.39, 0.29) is 6.61 Å². The van der Waals surface area contributed by atoms with E-state index < -0.39 is 23.8 Å². The van der Waals surface area contributed by atoms with Gasteiger partial charge in [-0.05, 0) is 42.2 Å².